The summed E-state index contributed by atoms with van der Waals surface area (Å²) in [7, 11) is 0. The largest absolute Gasteiger partial charge is 0.376 e. The molecule has 2 aliphatic rings. The van der Waals surface area contributed by atoms with Crippen LogP contribution in [0.1, 0.15) is 24.5 Å². The zero-order chi connectivity index (χ0) is 18.6. The van der Waals surface area contributed by atoms with Crippen molar-refractivity contribution < 1.29 is 9.13 Å². The quantitative estimate of drug-likeness (QED) is 0.763. The summed E-state index contributed by atoms with van der Waals surface area (Å²) < 4.78 is 19.2. The fourth-order valence-electron chi connectivity index (χ4n) is 4.57. The fourth-order valence-corrected chi connectivity index (χ4v) is 4.57. The van der Waals surface area contributed by atoms with Crippen molar-refractivity contribution in [1.82, 2.24) is 4.90 Å². The monoisotopic (exact) mass is 368 g/mol. The van der Waals surface area contributed by atoms with E-state index in [1.54, 1.807) is 0 Å². The number of benzene rings is 2. The Morgan fingerprint density at radius 2 is 1.89 bits per heavy atom. The van der Waals surface area contributed by atoms with E-state index < -0.39 is 0 Å². The Kier molecular flexibility index (Phi) is 5.74. The number of para-hydroxylation sites is 1. The van der Waals surface area contributed by atoms with E-state index in [1.165, 1.54) is 29.8 Å². The Morgan fingerprint density at radius 3 is 2.70 bits per heavy atom. The van der Waals surface area contributed by atoms with Crippen molar-refractivity contribution in [2.75, 3.05) is 37.7 Å². The molecular formula is C23H29FN2O. The van der Waals surface area contributed by atoms with Gasteiger partial charge in [-0.2, -0.15) is 0 Å². The lowest BCUT2D eigenvalue weighted by atomic mass is 9.91. The molecule has 0 N–H and O–H groups in total. The molecule has 3 nitrogen and oxygen atoms in total. The van der Waals surface area contributed by atoms with Crippen molar-refractivity contribution in [3.8, 4) is 0 Å². The summed E-state index contributed by atoms with van der Waals surface area (Å²) in [5.41, 5.74) is 3.92. The highest BCUT2D eigenvalue weighted by Crippen LogP contribution is 2.34. The summed E-state index contributed by atoms with van der Waals surface area (Å²) in [6, 6.07) is 16.0. The molecule has 0 aliphatic carbocycles. The van der Waals surface area contributed by atoms with Crippen molar-refractivity contribution in [3.05, 3.63) is 65.5 Å². The van der Waals surface area contributed by atoms with Crippen LogP contribution in [-0.4, -0.2) is 43.7 Å². The molecule has 0 amide bonds. The number of nitrogens with zero attached hydrogens (tertiary/aromatic N) is 2. The highest BCUT2D eigenvalue weighted by atomic mass is 19.1. The van der Waals surface area contributed by atoms with Crippen molar-refractivity contribution in [3.63, 3.8) is 0 Å². The zero-order valence-corrected chi connectivity index (χ0v) is 16.1. The summed E-state index contributed by atoms with van der Waals surface area (Å²) in [4.78, 5) is 5.15. The Labute approximate surface area is 161 Å². The minimum atomic E-state index is -0.197. The average Bonchev–Trinajstić information content (AvgIpc) is 3.13. The molecule has 2 aliphatic heterocycles. The van der Waals surface area contributed by atoms with Crippen molar-refractivity contribution in [2.45, 2.75) is 32.4 Å². The molecule has 0 bridgehead atoms. The summed E-state index contributed by atoms with van der Waals surface area (Å²) in [5, 5.41) is 0. The number of hydrogen-bond donors (Lipinski definition) is 0. The second-order valence-electron chi connectivity index (χ2n) is 7.72. The van der Waals surface area contributed by atoms with Gasteiger partial charge in [0, 0.05) is 37.3 Å². The minimum absolute atomic E-state index is 0.197. The van der Waals surface area contributed by atoms with E-state index in [4.69, 9.17) is 4.74 Å². The minimum Gasteiger partial charge on any atom is -0.376 e. The molecule has 2 aromatic carbocycles. The smallest absolute Gasteiger partial charge is 0.123 e. The fraction of sp³-hybridized carbons (Fsp3) is 0.478. The lowest BCUT2D eigenvalue weighted by Crippen LogP contribution is -2.52. The number of halogens is 1. The van der Waals surface area contributed by atoms with Crippen LogP contribution in [0.2, 0.25) is 0 Å². The van der Waals surface area contributed by atoms with E-state index in [-0.39, 0.29) is 5.82 Å². The van der Waals surface area contributed by atoms with Crippen molar-refractivity contribution >= 4 is 5.69 Å². The first kappa shape index (κ1) is 18.5. The van der Waals surface area contributed by atoms with Crippen LogP contribution in [0.3, 0.4) is 0 Å². The molecule has 0 aromatic heterocycles. The van der Waals surface area contributed by atoms with E-state index in [2.05, 4.69) is 41.0 Å². The molecule has 144 valence electrons. The van der Waals surface area contributed by atoms with E-state index in [0.717, 1.165) is 44.8 Å². The van der Waals surface area contributed by atoms with Crippen LogP contribution in [0.15, 0.2) is 48.5 Å². The third-order valence-corrected chi connectivity index (χ3v) is 6.06. The Bertz CT molecular complexity index is 748. The van der Waals surface area contributed by atoms with Gasteiger partial charge in [0.05, 0.1) is 13.2 Å². The lowest BCUT2D eigenvalue weighted by molar-refractivity contribution is 0.0420. The molecule has 2 heterocycles. The summed E-state index contributed by atoms with van der Waals surface area (Å²) in [5.74, 6) is 0.294. The topological polar surface area (TPSA) is 15.7 Å². The first-order valence-electron chi connectivity index (χ1n) is 10.1. The van der Waals surface area contributed by atoms with Gasteiger partial charge in [0.25, 0.3) is 0 Å². The summed E-state index contributed by atoms with van der Waals surface area (Å²) in [6.45, 7) is 7.99. The highest BCUT2D eigenvalue weighted by molar-refractivity contribution is 5.58. The number of rotatable bonds is 6. The molecule has 4 heteroatoms. The molecule has 0 spiro atoms. The van der Waals surface area contributed by atoms with Crippen molar-refractivity contribution in [1.29, 1.82) is 0 Å². The first-order chi connectivity index (χ1) is 13.2. The lowest BCUT2D eigenvalue weighted by Gasteiger charge is -2.43. The van der Waals surface area contributed by atoms with Gasteiger partial charge in [0.1, 0.15) is 5.82 Å². The van der Waals surface area contributed by atoms with Crippen LogP contribution in [0.25, 0.3) is 0 Å². The van der Waals surface area contributed by atoms with Crippen LogP contribution < -0.4 is 4.90 Å². The molecule has 2 atom stereocenters. The standard InChI is InChI=1S/C23H29FN2O/c1-2-25-13-12-23(26-14-11-19-5-3-4-6-22(19)26)20(15-25)17-27-16-18-7-9-21(24)10-8-18/h3-10,20,23H,2,11-17H2,1H3/t20-,23+/m1/s1. The summed E-state index contributed by atoms with van der Waals surface area (Å²) >= 11 is 0. The van der Waals surface area contributed by atoms with Gasteiger partial charge in [0.2, 0.25) is 0 Å². The molecule has 27 heavy (non-hydrogen) atoms. The van der Waals surface area contributed by atoms with Crippen LogP contribution in [0.4, 0.5) is 10.1 Å². The average molecular weight is 368 g/mol. The Hall–Kier alpha value is -1.91. The van der Waals surface area contributed by atoms with Gasteiger partial charge in [-0.05, 0) is 48.7 Å². The number of ether oxygens (including phenoxy) is 1. The van der Waals surface area contributed by atoms with Crippen LogP contribution in [0.5, 0.6) is 0 Å². The maximum Gasteiger partial charge on any atom is 0.123 e. The first-order valence-corrected chi connectivity index (χ1v) is 10.1. The van der Waals surface area contributed by atoms with Gasteiger partial charge >= 0.3 is 0 Å². The van der Waals surface area contributed by atoms with Gasteiger partial charge in [-0.1, -0.05) is 37.3 Å². The molecule has 2 aromatic rings. The third kappa shape index (κ3) is 4.17. The molecule has 0 radical (unpaired) electrons. The number of hydrogen-bond acceptors (Lipinski definition) is 3. The molecule has 1 saturated heterocycles. The van der Waals surface area contributed by atoms with Gasteiger partial charge < -0.3 is 14.5 Å². The number of anilines is 1. The third-order valence-electron chi connectivity index (χ3n) is 6.06. The predicted molar refractivity (Wildman–Crippen MR) is 108 cm³/mol. The van der Waals surface area contributed by atoms with Crippen LogP contribution in [-0.2, 0) is 17.8 Å². The Morgan fingerprint density at radius 1 is 1.07 bits per heavy atom. The SMILES string of the molecule is CCN1CC[C@H](N2CCc3ccccc32)[C@@H](COCc2ccc(F)cc2)C1. The highest BCUT2D eigenvalue weighted by Gasteiger charge is 2.35. The van der Waals surface area contributed by atoms with E-state index in [1.807, 2.05) is 12.1 Å². The van der Waals surface area contributed by atoms with Gasteiger partial charge in [-0.15, -0.1) is 0 Å². The molecule has 0 saturated carbocycles. The van der Waals surface area contributed by atoms with Gasteiger partial charge in [-0.3, -0.25) is 0 Å². The van der Waals surface area contributed by atoms with Gasteiger partial charge in [0.15, 0.2) is 0 Å². The van der Waals surface area contributed by atoms with E-state index >= 15 is 0 Å². The van der Waals surface area contributed by atoms with Gasteiger partial charge in [-0.25, -0.2) is 4.39 Å². The molecule has 4 rings (SSSR count). The number of likely N-dealkylation sites (tertiary alicyclic amines) is 1. The maximum atomic E-state index is 13.1. The predicted octanol–water partition coefficient (Wildman–Crippen LogP) is 4.12. The summed E-state index contributed by atoms with van der Waals surface area (Å²) in [6.07, 6.45) is 2.33. The zero-order valence-electron chi connectivity index (χ0n) is 16.1. The van der Waals surface area contributed by atoms with E-state index in [0.29, 0.717) is 18.6 Å². The maximum absolute atomic E-state index is 13.1. The molecular weight excluding hydrogens is 339 g/mol. The van der Waals surface area contributed by atoms with Crippen LogP contribution >= 0.6 is 0 Å². The number of piperidine rings is 1. The Balaban J connectivity index is 1.43. The second-order valence-corrected chi connectivity index (χ2v) is 7.72. The normalized spacial score (nSPS) is 22.8. The second kappa shape index (κ2) is 8.41. The molecule has 0 unspecified atom stereocenters. The number of fused-ring (bicyclic) bond motifs is 1. The van der Waals surface area contributed by atoms with Crippen LogP contribution in [0, 0.1) is 11.7 Å². The molecule has 1 fully saturated rings. The van der Waals surface area contributed by atoms with E-state index in [9.17, 15) is 4.39 Å². The van der Waals surface area contributed by atoms with Crippen molar-refractivity contribution in [2.24, 2.45) is 5.92 Å².